The largest absolute Gasteiger partial charge is 0.310 e. The lowest BCUT2D eigenvalue weighted by Gasteiger charge is -2.46. The van der Waals surface area contributed by atoms with Gasteiger partial charge in [-0.15, -0.1) is 0 Å². The molecule has 2 aromatic heterocycles. The van der Waals surface area contributed by atoms with Crippen molar-refractivity contribution in [3.63, 3.8) is 0 Å². The Morgan fingerprint density at radius 3 is 0.927 bits per heavy atom. The minimum absolute atomic E-state index is 0.152. The Kier molecular flexibility index (Phi) is 18.3. The highest BCUT2D eigenvalue weighted by Gasteiger charge is 2.47. The van der Waals surface area contributed by atoms with Crippen LogP contribution in [0, 0.1) is 34.0 Å². The lowest BCUT2D eigenvalue weighted by atomic mass is 9.33. The summed E-state index contributed by atoms with van der Waals surface area (Å²) in [5.74, 6) is 0. The molecule has 0 saturated heterocycles. The van der Waals surface area contributed by atoms with Crippen molar-refractivity contribution in [3.05, 3.63) is 379 Å². The fourth-order valence-electron chi connectivity index (χ4n) is 19.3. The second-order valence-corrected chi connectivity index (χ2v) is 37.4. The van der Waals surface area contributed by atoms with Crippen LogP contribution >= 0.6 is 0 Å². The summed E-state index contributed by atoms with van der Waals surface area (Å²) in [7, 11) is 0. The van der Waals surface area contributed by atoms with Gasteiger partial charge in [-0.2, -0.15) is 15.8 Å². The molecule has 4 heterocycles. The summed E-state index contributed by atoms with van der Waals surface area (Å²) < 4.78 is 4.92. The maximum absolute atomic E-state index is 11.4. The molecule has 0 saturated carbocycles. The van der Waals surface area contributed by atoms with Crippen molar-refractivity contribution < 1.29 is 0 Å². The first-order valence-corrected chi connectivity index (χ1v) is 42.7. The lowest BCUT2D eigenvalue weighted by molar-refractivity contribution is 0.590. The second-order valence-electron chi connectivity index (χ2n) is 37.4. The SMILES string of the molecule is CC(C)(C)c1ccc(-c2cc(-c3cccc(C#N)c3)cc(-c3ccc(C(C)(C)C)cc3)c2N2c3cc(-n4c5ccccc5c5ccccc54)ccc3B3c4ccc(-n5c6ccccc6c6ccccc65)cc4N(c4c(-c5ccc(C(C)(C)C)cc5)cc(-c5c(C#N)cccc5C#N)cc4-c4ccc(C(C)(C)C)cc4)c4cc(-c5ccccc5)cc2c43)cc1. The molecule has 0 radical (unpaired) electrons. The van der Waals surface area contributed by atoms with Gasteiger partial charge >= 0.3 is 0 Å². The Morgan fingerprint density at radius 2 is 0.577 bits per heavy atom. The van der Waals surface area contributed by atoms with Crippen molar-refractivity contribution in [3.8, 4) is 107 Å². The highest BCUT2D eigenvalue weighted by atomic mass is 15.2. The molecule has 0 atom stereocenters. The van der Waals surface area contributed by atoms with Gasteiger partial charge in [-0.05, 0) is 220 Å². The summed E-state index contributed by atoms with van der Waals surface area (Å²) >= 11 is 0. The molecule has 7 nitrogen and oxygen atoms in total. The zero-order valence-corrected chi connectivity index (χ0v) is 71.5. The van der Waals surface area contributed by atoms with Gasteiger partial charge in [-0.3, -0.25) is 0 Å². The zero-order valence-electron chi connectivity index (χ0n) is 71.5. The van der Waals surface area contributed by atoms with E-state index in [4.69, 9.17) is 0 Å². The van der Waals surface area contributed by atoms with Gasteiger partial charge in [0.15, 0.2) is 0 Å². The third-order valence-corrected chi connectivity index (χ3v) is 25.7. The molecule has 590 valence electrons. The Bertz CT molecular complexity index is 7180. The summed E-state index contributed by atoms with van der Waals surface area (Å²) in [5, 5.41) is 38.2. The maximum Gasteiger partial charge on any atom is 0.252 e. The maximum atomic E-state index is 11.4. The van der Waals surface area contributed by atoms with Gasteiger partial charge in [0.05, 0.1) is 68.3 Å². The Labute approximate surface area is 721 Å². The summed E-state index contributed by atoms with van der Waals surface area (Å²) in [6.45, 7) is 26.9. The summed E-state index contributed by atoms with van der Waals surface area (Å²) in [6.07, 6.45) is 0. The predicted molar refractivity (Wildman–Crippen MR) is 516 cm³/mol. The molecule has 0 bridgehead atoms. The van der Waals surface area contributed by atoms with Crippen LogP contribution in [0.15, 0.2) is 340 Å². The van der Waals surface area contributed by atoms with E-state index in [9.17, 15) is 15.8 Å². The lowest BCUT2D eigenvalue weighted by Crippen LogP contribution is -2.61. The predicted octanol–water partition coefficient (Wildman–Crippen LogP) is 28.4. The van der Waals surface area contributed by atoms with Gasteiger partial charge in [-0.25, -0.2) is 0 Å². The summed E-state index contributed by atoms with van der Waals surface area (Å²) in [6, 6.07) is 133. The van der Waals surface area contributed by atoms with Crippen molar-refractivity contribution in [1.82, 2.24) is 9.13 Å². The molecule has 123 heavy (non-hydrogen) atoms. The van der Waals surface area contributed by atoms with Crippen LogP contribution in [-0.4, -0.2) is 15.8 Å². The first-order chi connectivity index (χ1) is 59.4. The molecule has 2 aliphatic heterocycles. The monoisotopic (exact) mass is 1580 g/mol. The van der Waals surface area contributed by atoms with E-state index in [-0.39, 0.29) is 21.7 Å². The molecule has 0 unspecified atom stereocenters. The number of nitriles is 3. The van der Waals surface area contributed by atoms with Crippen LogP contribution in [0.5, 0.6) is 0 Å². The molecule has 2 aliphatic rings. The van der Waals surface area contributed by atoms with E-state index in [1.54, 1.807) is 0 Å². The minimum Gasteiger partial charge on any atom is -0.310 e. The number of rotatable bonds is 11. The molecule has 0 N–H and O–H groups in total. The molecule has 16 aromatic carbocycles. The number of aromatic nitrogens is 2. The number of hydrogen-bond donors (Lipinski definition) is 0. The molecule has 20 rings (SSSR count). The molecule has 0 fully saturated rings. The molecule has 0 spiro atoms. The highest BCUT2D eigenvalue weighted by molar-refractivity contribution is 7.00. The van der Waals surface area contributed by atoms with Crippen LogP contribution in [0.3, 0.4) is 0 Å². The normalized spacial score (nSPS) is 12.6. The van der Waals surface area contributed by atoms with Gasteiger partial charge in [0.1, 0.15) is 0 Å². The smallest absolute Gasteiger partial charge is 0.252 e. The van der Waals surface area contributed by atoms with E-state index >= 15 is 0 Å². The summed E-state index contributed by atoms with van der Waals surface area (Å²) in [5.41, 5.74) is 34.3. The van der Waals surface area contributed by atoms with Gasteiger partial charge in [0.2, 0.25) is 0 Å². The van der Waals surface area contributed by atoms with Crippen molar-refractivity contribution >= 4 is 101 Å². The van der Waals surface area contributed by atoms with E-state index in [0.717, 1.165) is 167 Å². The van der Waals surface area contributed by atoms with E-state index in [1.807, 2.05) is 36.4 Å². The Hall–Kier alpha value is -14.7. The van der Waals surface area contributed by atoms with Crippen molar-refractivity contribution in [2.75, 3.05) is 9.80 Å². The number of para-hydroxylation sites is 4. The average Bonchev–Trinajstić information content (AvgIpc) is 0.819. The molecule has 18 aromatic rings. The van der Waals surface area contributed by atoms with Gasteiger partial charge in [-0.1, -0.05) is 314 Å². The second kappa shape index (κ2) is 29.3. The van der Waals surface area contributed by atoms with Crippen LogP contribution in [0.25, 0.3) is 133 Å². The number of benzene rings is 16. The van der Waals surface area contributed by atoms with Crippen LogP contribution < -0.4 is 26.2 Å². The average molecular weight is 1580 g/mol. The van der Waals surface area contributed by atoms with Gasteiger partial charge in [0.25, 0.3) is 6.71 Å². The molecule has 8 heteroatoms. The number of nitrogens with zero attached hydrogens (tertiary/aromatic N) is 7. The first-order valence-electron chi connectivity index (χ1n) is 42.7. The van der Waals surface area contributed by atoms with Crippen LogP contribution in [-0.2, 0) is 21.7 Å². The number of hydrogen-bond acceptors (Lipinski definition) is 5. The zero-order chi connectivity index (χ0) is 84.7. The van der Waals surface area contributed by atoms with Gasteiger partial charge < -0.3 is 18.9 Å². The topological polar surface area (TPSA) is 87.7 Å². The van der Waals surface area contributed by atoms with E-state index in [2.05, 4.69) is 424 Å². The molecule has 0 aliphatic carbocycles. The van der Waals surface area contributed by atoms with E-state index in [0.29, 0.717) is 22.3 Å². The van der Waals surface area contributed by atoms with Crippen LogP contribution in [0.1, 0.15) is 122 Å². The number of fused-ring (bicyclic) bond motifs is 10. The van der Waals surface area contributed by atoms with Gasteiger partial charge in [0, 0.05) is 83.5 Å². The third-order valence-electron chi connectivity index (χ3n) is 25.7. The quantitative estimate of drug-likeness (QED) is 0.120. The molecule has 0 amide bonds. The first kappa shape index (κ1) is 76.9. The fourth-order valence-corrected chi connectivity index (χ4v) is 19.3. The van der Waals surface area contributed by atoms with Crippen LogP contribution in [0.2, 0.25) is 0 Å². The Balaban J connectivity index is 0.999. The fraction of sp³-hybridized carbons (Fsp3) is 0.139. The highest BCUT2D eigenvalue weighted by Crippen LogP contribution is 2.57. The van der Waals surface area contributed by atoms with E-state index < -0.39 is 6.71 Å². The van der Waals surface area contributed by atoms with Crippen molar-refractivity contribution in [1.29, 1.82) is 15.8 Å². The number of anilines is 6. The van der Waals surface area contributed by atoms with E-state index in [1.165, 1.54) is 33.0 Å². The summed E-state index contributed by atoms with van der Waals surface area (Å²) in [4.78, 5) is 5.28. The third kappa shape index (κ3) is 13.1. The minimum atomic E-state index is -0.419. The molecular weight excluding hydrogens is 1490 g/mol. The standard InChI is InChI=1S/C115H92BN7/c1-112(2,3)84-48-40-74(41-49-84)94-61-81(78-29-24-26-72(60-78)69-117)62-95(75-42-50-85(51-43-75)113(4,5)6)110(94)122-104-67-88(120-100-36-20-16-32-90(100)91-33-17-21-37-101(91)120)56-58-98(104)116-99-59-57-89(121-102-38-22-18-34-92(102)93-35-19-23-39-103(93)121)68-105(99)123(107-66-82(65-106(122)109(107)116)73-27-14-13-15-28-73)111-96(76-44-52-86(53-45-76)114(7,8)9)63-83(108-79(70-118)30-25-31-80(108)71-119)64-97(111)77-46-54-87(55-47-77)115(10,11)12/h13-68H,1-12H3. The molecular formula is C115H92BN7. The van der Waals surface area contributed by atoms with Crippen molar-refractivity contribution in [2.24, 2.45) is 0 Å². The van der Waals surface area contributed by atoms with Crippen molar-refractivity contribution in [2.45, 2.75) is 105 Å². The van der Waals surface area contributed by atoms with Crippen LogP contribution in [0.4, 0.5) is 34.1 Å². The Morgan fingerprint density at radius 1 is 0.252 bits per heavy atom.